The second-order valence-corrected chi connectivity index (χ2v) is 13.0. The minimum Gasteiger partial charge on any atom is -0.0710 e. The highest BCUT2D eigenvalue weighted by molar-refractivity contribution is 5.22. The van der Waals surface area contributed by atoms with E-state index in [2.05, 4.69) is 6.92 Å². The summed E-state index contributed by atoms with van der Waals surface area (Å²) in [4.78, 5) is 0. The molecule has 0 amide bonds. The molecule has 0 radical (unpaired) electrons. The van der Waals surface area contributed by atoms with Gasteiger partial charge in [-0.1, -0.05) is 99.8 Å². The van der Waals surface area contributed by atoms with Gasteiger partial charge in [-0.05, 0) is 114 Å². The third-order valence-corrected chi connectivity index (χ3v) is 10.4. The first-order chi connectivity index (χ1) is 16.8. The summed E-state index contributed by atoms with van der Waals surface area (Å²) in [5.74, 6) is 3.25. The Labute approximate surface area is 213 Å². The Bertz CT molecular complexity index is 627. The fourth-order valence-corrected chi connectivity index (χ4v) is 8.26. The fourth-order valence-electron chi connectivity index (χ4n) is 8.26. The summed E-state index contributed by atoms with van der Waals surface area (Å²) in [7, 11) is 0. The second-order valence-electron chi connectivity index (χ2n) is 13.0. The average molecular weight is 467 g/mol. The van der Waals surface area contributed by atoms with Gasteiger partial charge in [0.15, 0.2) is 0 Å². The predicted molar refractivity (Wildman–Crippen MR) is 150 cm³/mol. The molecule has 0 aromatic heterocycles. The summed E-state index contributed by atoms with van der Waals surface area (Å²) in [6.07, 6.45) is 38.4. The van der Waals surface area contributed by atoms with Crippen molar-refractivity contribution in [3.05, 3.63) is 22.3 Å². The van der Waals surface area contributed by atoms with Crippen LogP contribution in [0.1, 0.15) is 174 Å². The van der Waals surface area contributed by atoms with E-state index in [9.17, 15) is 0 Å². The van der Waals surface area contributed by atoms with E-state index in [0.29, 0.717) is 0 Å². The average Bonchev–Trinajstić information content (AvgIpc) is 3.66. The molecule has 0 N–H and O–H groups in total. The molecule has 0 saturated heterocycles. The predicted octanol–water partition coefficient (Wildman–Crippen LogP) is 11.6. The summed E-state index contributed by atoms with van der Waals surface area (Å²) in [5, 5.41) is 0. The monoisotopic (exact) mass is 466 g/mol. The van der Waals surface area contributed by atoms with Crippen molar-refractivity contribution >= 4 is 0 Å². The maximum Gasteiger partial charge on any atom is -0.0280 e. The van der Waals surface area contributed by atoms with Gasteiger partial charge in [0.2, 0.25) is 0 Å². The van der Waals surface area contributed by atoms with Crippen LogP contribution in [-0.4, -0.2) is 0 Å². The van der Waals surface area contributed by atoms with Crippen molar-refractivity contribution < 1.29 is 0 Å². The SMILES string of the molecule is CCCCC(CCC(CCCC1CCC(CCCC2CCCC2)C1)=C1CCCC1)=C1CCCC1. The Hall–Kier alpha value is -0.520. The van der Waals surface area contributed by atoms with Crippen LogP contribution in [0.25, 0.3) is 0 Å². The fraction of sp³-hybridized carbons (Fsp3) is 0.882. The Balaban J connectivity index is 1.19. The topological polar surface area (TPSA) is 0 Å². The molecule has 2 unspecified atom stereocenters. The highest BCUT2D eigenvalue weighted by atomic mass is 14.3. The molecule has 0 aliphatic heterocycles. The molecule has 0 heterocycles. The van der Waals surface area contributed by atoms with Gasteiger partial charge >= 0.3 is 0 Å². The summed E-state index contributed by atoms with van der Waals surface area (Å²) in [5.41, 5.74) is 7.61. The van der Waals surface area contributed by atoms with Crippen LogP contribution >= 0.6 is 0 Å². The third-order valence-electron chi connectivity index (χ3n) is 10.4. The van der Waals surface area contributed by atoms with Crippen LogP contribution < -0.4 is 0 Å². The van der Waals surface area contributed by atoms with Crippen molar-refractivity contribution in [2.45, 2.75) is 174 Å². The van der Waals surface area contributed by atoms with Gasteiger partial charge in [-0.2, -0.15) is 0 Å². The summed E-state index contributed by atoms with van der Waals surface area (Å²) in [6.45, 7) is 2.37. The molecule has 4 aliphatic carbocycles. The second kappa shape index (κ2) is 14.9. The zero-order chi connectivity index (χ0) is 23.4. The minimum atomic E-state index is 1.06. The lowest BCUT2D eigenvalue weighted by molar-refractivity contribution is 0.396. The molecule has 2 atom stereocenters. The largest absolute Gasteiger partial charge is 0.0710 e. The molecule has 4 aliphatic rings. The van der Waals surface area contributed by atoms with E-state index in [-0.39, 0.29) is 0 Å². The molecular formula is C34H58. The molecule has 0 aromatic rings. The van der Waals surface area contributed by atoms with Gasteiger partial charge in [-0.15, -0.1) is 0 Å². The van der Waals surface area contributed by atoms with Crippen molar-refractivity contribution in [2.75, 3.05) is 0 Å². The first-order valence-corrected chi connectivity index (χ1v) is 16.2. The van der Waals surface area contributed by atoms with E-state index in [1.54, 1.807) is 44.9 Å². The first kappa shape index (κ1) is 26.5. The van der Waals surface area contributed by atoms with Crippen LogP contribution in [0, 0.1) is 17.8 Å². The van der Waals surface area contributed by atoms with Gasteiger partial charge in [0.25, 0.3) is 0 Å². The lowest BCUT2D eigenvalue weighted by atomic mass is 9.89. The summed E-state index contributed by atoms with van der Waals surface area (Å²) >= 11 is 0. The van der Waals surface area contributed by atoms with Gasteiger partial charge in [0.1, 0.15) is 0 Å². The standard InChI is InChI=1S/C34H58/c1-2-3-17-33(31-18-6-7-19-31)25-26-34(32-20-8-9-21-32)22-11-16-30-24-23-29(27-30)15-10-14-28-12-4-5-13-28/h28-30H,2-27H2,1H3. The number of rotatable bonds is 14. The van der Waals surface area contributed by atoms with Crippen molar-refractivity contribution in [1.29, 1.82) is 0 Å². The molecule has 194 valence electrons. The number of hydrogen-bond donors (Lipinski definition) is 0. The van der Waals surface area contributed by atoms with E-state index in [1.165, 1.54) is 122 Å². The quantitative estimate of drug-likeness (QED) is 0.223. The highest BCUT2D eigenvalue weighted by Crippen LogP contribution is 2.40. The van der Waals surface area contributed by atoms with Crippen LogP contribution in [0.15, 0.2) is 22.3 Å². The van der Waals surface area contributed by atoms with Crippen LogP contribution in [0.2, 0.25) is 0 Å². The van der Waals surface area contributed by atoms with Crippen LogP contribution in [0.3, 0.4) is 0 Å². The Morgan fingerprint density at radius 2 is 1.03 bits per heavy atom. The van der Waals surface area contributed by atoms with Crippen LogP contribution in [-0.2, 0) is 0 Å². The maximum atomic E-state index is 2.37. The van der Waals surface area contributed by atoms with Gasteiger partial charge in [0, 0.05) is 0 Å². The first-order valence-electron chi connectivity index (χ1n) is 16.2. The molecule has 0 heteroatoms. The van der Waals surface area contributed by atoms with Gasteiger partial charge in [0.05, 0.1) is 0 Å². The highest BCUT2D eigenvalue weighted by Gasteiger charge is 2.25. The Morgan fingerprint density at radius 3 is 1.59 bits per heavy atom. The molecule has 4 fully saturated rings. The lowest BCUT2D eigenvalue weighted by Gasteiger charge is -2.17. The molecular weight excluding hydrogens is 408 g/mol. The zero-order valence-electron chi connectivity index (χ0n) is 23.1. The van der Waals surface area contributed by atoms with Crippen LogP contribution in [0.5, 0.6) is 0 Å². The van der Waals surface area contributed by atoms with Crippen molar-refractivity contribution in [3.8, 4) is 0 Å². The minimum absolute atomic E-state index is 1.06. The number of hydrogen-bond acceptors (Lipinski definition) is 0. The van der Waals surface area contributed by atoms with Crippen LogP contribution in [0.4, 0.5) is 0 Å². The molecule has 4 saturated carbocycles. The maximum absolute atomic E-state index is 2.37. The molecule has 0 bridgehead atoms. The summed E-state index contributed by atoms with van der Waals surface area (Å²) in [6, 6.07) is 0. The van der Waals surface area contributed by atoms with Gasteiger partial charge in [-0.25, -0.2) is 0 Å². The molecule has 34 heavy (non-hydrogen) atoms. The Morgan fingerprint density at radius 1 is 0.529 bits per heavy atom. The normalized spacial score (nSPS) is 25.7. The van der Waals surface area contributed by atoms with Crippen molar-refractivity contribution in [1.82, 2.24) is 0 Å². The van der Waals surface area contributed by atoms with Crippen molar-refractivity contribution in [2.24, 2.45) is 17.8 Å². The molecule has 0 nitrogen and oxygen atoms in total. The van der Waals surface area contributed by atoms with E-state index >= 15 is 0 Å². The van der Waals surface area contributed by atoms with E-state index in [1.807, 2.05) is 22.3 Å². The number of allylic oxidation sites excluding steroid dienone is 4. The van der Waals surface area contributed by atoms with E-state index in [4.69, 9.17) is 0 Å². The third kappa shape index (κ3) is 8.55. The molecule has 0 aromatic carbocycles. The molecule has 0 spiro atoms. The van der Waals surface area contributed by atoms with Gasteiger partial charge < -0.3 is 0 Å². The smallest absolute Gasteiger partial charge is 0.0280 e. The van der Waals surface area contributed by atoms with E-state index < -0.39 is 0 Å². The van der Waals surface area contributed by atoms with Gasteiger partial charge in [-0.3, -0.25) is 0 Å². The zero-order valence-corrected chi connectivity index (χ0v) is 23.1. The van der Waals surface area contributed by atoms with Crippen molar-refractivity contribution in [3.63, 3.8) is 0 Å². The van der Waals surface area contributed by atoms with E-state index in [0.717, 1.165) is 17.8 Å². The number of unbranched alkanes of at least 4 members (excludes halogenated alkanes) is 1. The lowest BCUT2D eigenvalue weighted by Crippen LogP contribution is -2.00. The Kier molecular flexibility index (Phi) is 11.6. The summed E-state index contributed by atoms with van der Waals surface area (Å²) < 4.78 is 0. The molecule has 4 rings (SSSR count).